The molecular weight excluding hydrogens is 288 g/mol. The average Bonchev–Trinajstić information content (AvgIpc) is 2.74. The lowest BCUT2D eigenvalue weighted by Crippen LogP contribution is -2.41. The van der Waals surface area contributed by atoms with E-state index < -0.39 is 0 Å². The molecule has 0 saturated heterocycles. The van der Waals surface area contributed by atoms with Gasteiger partial charge < -0.3 is 10.4 Å². The summed E-state index contributed by atoms with van der Waals surface area (Å²) in [4.78, 5) is 17.3. The van der Waals surface area contributed by atoms with Crippen molar-refractivity contribution in [3.05, 3.63) is 41.1 Å². The van der Waals surface area contributed by atoms with Crippen molar-refractivity contribution in [3.8, 4) is 5.75 Å². The smallest absolute Gasteiger partial charge is 0.166 e. The number of fused-ring (bicyclic) bond motifs is 1. The molecular formula is C19H22N2O2. The number of nitrogens with one attached hydrogen (secondary N) is 1. The Morgan fingerprint density at radius 2 is 1.96 bits per heavy atom. The van der Waals surface area contributed by atoms with Crippen LogP contribution in [0.4, 0.5) is 0 Å². The van der Waals surface area contributed by atoms with E-state index in [4.69, 9.17) is 0 Å². The number of rotatable bonds is 1. The van der Waals surface area contributed by atoms with Gasteiger partial charge in [0.1, 0.15) is 5.75 Å². The van der Waals surface area contributed by atoms with Crippen LogP contribution in [0, 0.1) is 0 Å². The quantitative estimate of drug-likeness (QED) is 0.838. The lowest BCUT2D eigenvalue weighted by Gasteiger charge is -2.32. The zero-order chi connectivity index (χ0) is 15.8. The van der Waals surface area contributed by atoms with Gasteiger partial charge in [0.25, 0.3) is 0 Å². The maximum atomic E-state index is 12.6. The van der Waals surface area contributed by atoms with Crippen LogP contribution in [-0.4, -0.2) is 29.2 Å². The van der Waals surface area contributed by atoms with Gasteiger partial charge in [0.2, 0.25) is 0 Å². The monoisotopic (exact) mass is 310 g/mol. The summed E-state index contributed by atoms with van der Waals surface area (Å²) in [5, 5.41) is 13.7. The maximum Gasteiger partial charge on any atom is 0.166 e. The highest BCUT2D eigenvalue weighted by Gasteiger charge is 2.34. The fourth-order valence-electron chi connectivity index (χ4n) is 4.12. The van der Waals surface area contributed by atoms with Gasteiger partial charge in [-0.25, -0.2) is 0 Å². The number of carbonyl (C=O) groups is 1. The van der Waals surface area contributed by atoms with Gasteiger partial charge >= 0.3 is 0 Å². The van der Waals surface area contributed by atoms with Crippen molar-refractivity contribution in [2.75, 3.05) is 0 Å². The van der Waals surface area contributed by atoms with E-state index in [0.717, 1.165) is 36.1 Å². The van der Waals surface area contributed by atoms with Crippen molar-refractivity contribution < 1.29 is 9.90 Å². The lowest BCUT2D eigenvalue weighted by molar-refractivity contribution is -0.115. The highest BCUT2D eigenvalue weighted by molar-refractivity contribution is 6.15. The first-order valence-electron chi connectivity index (χ1n) is 8.56. The van der Waals surface area contributed by atoms with Gasteiger partial charge in [0.15, 0.2) is 5.78 Å². The highest BCUT2D eigenvalue weighted by Crippen LogP contribution is 2.38. The Bertz CT molecular complexity index is 692. The Hall–Kier alpha value is -2.10. The fourth-order valence-corrected chi connectivity index (χ4v) is 4.12. The predicted molar refractivity (Wildman–Crippen MR) is 89.8 cm³/mol. The molecule has 1 aliphatic heterocycles. The van der Waals surface area contributed by atoms with Crippen LogP contribution in [0.25, 0.3) is 0 Å². The summed E-state index contributed by atoms with van der Waals surface area (Å²) in [6.07, 6.45) is 7.69. The number of para-hydroxylation sites is 1. The van der Waals surface area contributed by atoms with Gasteiger partial charge in [-0.15, -0.1) is 0 Å². The largest absolute Gasteiger partial charge is 0.508 e. The SMILES string of the molecule is O=C1C[C@H](c2ccccc2O)CC2=C1C=N[C@@H]1CCCC[C@@H]1N2. The van der Waals surface area contributed by atoms with Crippen molar-refractivity contribution in [1.82, 2.24) is 5.32 Å². The molecule has 1 aromatic rings. The van der Waals surface area contributed by atoms with Gasteiger partial charge in [-0.2, -0.15) is 0 Å². The number of hydrogen-bond donors (Lipinski definition) is 2. The normalized spacial score (nSPS) is 30.3. The van der Waals surface area contributed by atoms with Crippen molar-refractivity contribution in [3.63, 3.8) is 0 Å². The minimum absolute atomic E-state index is 0.0449. The molecule has 0 radical (unpaired) electrons. The Balaban J connectivity index is 1.64. The van der Waals surface area contributed by atoms with E-state index in [-0.39, 0.29) is 17.5 Å². The second-order valence-electron chi connectivity index (χ2n) is 6.86. The van der Waals surface area contributed by atoms with Gasteiger partial charge in [0, 0.05) is 30.3 Å². The molecule has 1 saturated carbocycles. The topological polar surface area (TPSA) is 61.7 Å². The minimum Gasteiger partial charge on any atom is -0.508 e. The predicted octanol–water partition coefficient (Wildman–Crippen LogP) is 3.08. The molecule has 4 rings (SSSR count). The third-order valence-electron chi connectivity index (χ3n) is 5.37. The average molecular weight is 310 g/mol. The zero-order valence-corrected chi connectivity index (χ0v) is 13.2. The van der Waals surface area contributed by atoms with E-state index in [0.29, 0.717) is 18.5 Å². The van der Waals surface area contributed by atoms with Crippen molar-refractivity contribution in [2.45, 2.75) is 56.5 Å². The van der Waals surface area contributed by atoms with Crippen molar-refractivity contribution >= 4 is 12.0 Å². The van der Waals surface area contributed by atoms with Crippen LogP contribution in [0.1, 0.15) is 50.0 Å². The molecule has 0 unspecified atom stereocenters. The van der Waals surface area contributed by atoms with E-state index in [1.807, 2.05) is 24.4 Å². The van der Waals surface area contributed by atoms with Crippen LogP contribution in [0.5, 0.6) is 5.75 Å². The number of aliphatic imine (C=N–C) groups is 1. The summed E-state index contributed by atoms with van der Waals surface area (Å²) in [6, 6.07) is 8.00. The maximum absolute atomic E-state index is 12.6. The zero-order valence-electron chi connectivity index (χ0n) is 13.2. The molecule has 120 valence electrons. The van der Waals surface area contributed by atoms with E-state index in [1.165, 1.54) is 12.8 Å². The number of Topliss-reactive ketones (excluding diaryl/α,β-unsaturated/α-hetero) is 1. The number of aromatic hydroxyl groups is 1. The summed E-state index contributed by atoms with van der Waals surface area (Å²) in [5.74, 6) is 0.463. The molecule has 0 amide bonds. The number of ketones is 1. The first kappa shape index (κ1) is 14.5. The van der Waals surface area contributed by atoms with Gasteiger partial charge in [-0.1, -0.05) is 31.0 Å². The fraction of sp³-hybridized carbons (Fsp3) is 0.474. The van der Waals surface area contributed by atoms with Gasteiger partial charge in [-0.05, 0) is 30.9 Å². The second-order valence-corrected chi connectivity index (χ2v) is 6.86. The number of benzene rings is 1. The van der Waals surface area contributed by atoms with Gasteiger partial charge in [-0.3, -0.25) is 9.79 Å². The summed E-state index contributed by atoms with van der Waals surface area (Å²) < 4.78 is 0. The van der Waals surface area contributed by atoms with Crippen molar-refractivity contribution in [2.24, 2.45) is 4.99 Å². The van der Waals surface area contributed by atoms with Gasteiger partial charge in [0.05, 0.1) is 11.6 Å². The number of phenolic OH excluding ortho intramolecular Hbond substituents is 1. The highest BCUT2D eigenvalue weighted by atomic mass is 16.3. The molecule has 4 nitrogen and oxygen atoms in total. The molecule has 0 bridgehead atoms. The standard InChI is InChI=1S/C19H22N2O2/c22-18-8-4-1-5-13(18)12-9-17-14(19(23)10-12)11-20-15-6-2-3-7-16(15)21-17/h1,4-5,8,11-12,15-16,21-22H,2-3,6-7,9-10H2/t12-,15-,16+/m1/s1. The Morgan fingerprint density at radius 3 is 2.83 bits per heavy atom. The third kappa shape index (κ3) is 2.67. The van der Waals surface area contributed by atoms with Crippen LogP contribution >= 0.6 is 0 Å². The molecule has 1 fully saturated rings. The minimum atomic E-state index is 0.0449. The summed E-state index contributed by atoms with van der Waals surface area (Å²) in [6.45, 7) is 0. The Morgan fingerprint density at radius 1 is 1.13 bits per heavy atom. The summed E-state index contributed by atoms with van der Waals surface area (Å²) in [5.41, 5.74) is 2.65. The first-order chi connectivity index (χ1) is 11.2. The molecule has 1 heterocycles. The van der Waals surface area contributed by atoms with Crippen LogP contribution in [0.3, 0.4) is 0 Å². The number of nitrogens with zero attached hydrogens (tertiary/aromatic N) is 1. The molecule has 1 aromatic carbocycles. The van der Waals surface area contributed by atoms with Crippen LogP contribution in [0.2, 0.25) is 0 Å². The Kier molecular flexibility index (Phi) is 3.68. The molecule has 3 atom stereocenters. The number of allylic oxidation sites excluding steroid dienone is 2. The molecule has 23 heavy (non-hydrogen) atoms. The lowest BCUT2D eigenvalue weighted by atomic mass is 9.81. The number of phenols is 1. The summed E-state index contributed by atoms with van der Waals surface area (Å²) in [7, 11) is 0. The van der Waals surface area contributed by atoms with Crippen LogP contribution < -0.4 is 5.32 Å². The molecule has 3 aliphatic rings. The first-order valence-corrected chi connectivity index (χ1v) is 8.56. The molecule has 2 aliphatic carbocycles. The van der Waals surface area contributed by atoms with E-state index in [9.17, 15) is 9.90 Å². The van der Waals surface area contributed by atoms with Crippen LogP contribution in [0.15, 0.2) is 40.5 Å². The molecule has 0 spiro atoms. The third-order valence-corrected chi connectivity index (χ3v) is 5.37. The van der Waals surface area contributed by atoms with Crippen LogP contribution in [-0.2, 0) is 4.79 Å². The summed E-state index contributed by atoms with van der Waals surface area (Å²) >= 11 is 0. The van der Waals surface area contributed by atoms with E-state index in [1.54, 1.807) is 6.07 Å². The van der Waals surface area contributed by atoms with E-state index in [2.05, 4.69) is 10.3 Å². The molecule has 0 aromatic heterocycles. The van der Waals surface area contributed by atoms with E-state index >= 15 is 0 Å². The van der Waals surface area contributed by atoms with Crippen molar-refractivity contribution in [1.29, 1.82) is 0 Å². The Labute approximate surface area is 136 Å². The molecule has 2 N–H and O–H groups in total. The number of hydrogen-bond acceptors (Lipinski definition) is 4. The number of carbonyl (C=O) groups excluding carboxylic acids is 1. The second kappa shape index (κ2) is 5.84. The molecule has 4 heteroatoms.